The van der Waals surface area contributed by atoms with Crippen molar-refractivity contribution in [2.45, 2.75) is 36.9 Å². The molecule has 0 aliphatic carbocycles. The van der Waals surface area contributed by atoms with Crippen molar-refractivity contribution in [3.8, 4) is 5.75 Å². The lowest BCUT2D eigenvalue weighted by Crippen LogP contribution is -2.44. The van der Waals surface area contributed by atoms with Crippen LogP contribution in [0.3, 0.4) is 0 Å². The predicted octanol–water partition coefficient (Wildman–Crippen LogP) is 4.60. The normalized spacial score (nSPS) is 16.7. The van der Waals surface area contributed by atoms with Gasteiger partial charge in [-0.3, -0.25) is 9.10 Å². The third-order valence-electron chi connectivity index (χ3n) is 4.67. The molecule has 11 heteroatoms. The van der Waals surface area contributed by atoms with Gasteiger partial charge in [-0.05, 0) is 49.2 Å². The Balaban J connectivity index is 2.10. The Morgan fingerprint density at radius 1 is 1.30 bits per heavy atom. The van der Waals surface area contributed by atoms with Gasteiger partial charge in [0.2, 0.25) is 0 Å². The van der Waals surface area contributed by atoms with E-state index in [1.807, 2.05) is 0 Å². The number of hydrogen-bond donors (Lipinski definition) is 1. The molecule has 0 bridgehead atoms. The smallest absolute Gasteiger partial charge is 0.416 e. The zero-order valence-corrected chi connectivity index (χ0v) is 18.0. The number of carbonyl (C=O) groups is 1. The first-order chi connectivity index (χ1) is 13.9. The van der Waals surface area contributed by atoms with Crippen LogP contribution in [0.2, 0.25) is 0 Å². The Morgan fingerprint density at radius 2 is 2.00 bits per heavy atom. The number of nitrogens with zero attached hydrogens (tertiary/aromatic N) is 1. The van der Waals surface area contributed by atoms with Crippen LogP contribution in [-0.2, 0) is 21.0 Å². The average Bonchev–Trinajstić information content (AvgIpc) is 2.68. The van der Waals surface area contributed by atoms with Gasteiger partial charge >= 0.3 is 12.1 Å². The molecule has 0 fully saturated rings. The molecular weight excluding hydrogens is 491 g/mol. The van der Waals surface area contributed by atoms with Gasteiger partial charge in [0.15, 0.2) is 0 Å². The summed E-state index contributed by atoms with van der Waals surface area (Å²) in [4.78, 5) is 10.4. The van der Waals surface area contributed by atoms with Crippen molar-refractivity contribution in [1.29, 1.82) is 0 Å². The number of benzene rings is 2. The fraction of sp³-hybridized carbons (Fsp3) is 0.316. The number of hydrogen-bond acceptors (Lipinski definition) is 4. The number of fused-ring (bicyclic) bond motifs is 1. The molecule has 1 aliphatic rings. The summed E-state index contributed by atoms with van der Waals surface area (Å²) in [5, 5.41) is 8.93. The van der Waals surface area contributed by atoms with Crippen LogP contribution in [0.5, 0.6) is 5.75 Å². The molecule has 3 rings (SSSR count). The number of alkyl halides is 3. The Labute approximate surface area is 179 Å². The molecule has 6 nitrogen and oxygen atoms in total. The van der Waals surface area contributed by atoms with Crippen molar-refractivity contribution in [3.05, 3.63) is 52.0 Å². The van der Waals surface area contributed by atoms with Gasteiger partial charge in [-0.1, -0.05) is 22.0 Å². The number of carboxylic acids is 1. The first-order valence-corrected chi connectivity index (χ1v) is 11.0. The minimum Gasteiger partial charge on any atom is -0.486 e. The summed E-state index contributed by atoms with van der Waals surface area (Å²) in [6.45, 7) is 1.43. The minimum atomic E-state index is -4.70. The molecular formula is C19H17BrF3NO5S. The van der Waals surface area contributed by atoms with E-state index in [-0.39, 0.29) is 30.8 Å². The van der Waals surface area contributed by atoms with Gasteiger partial charge in [0.1, 0.15) is 11.9 Å². The van der Waals surface area contributed by atoms with Crippen LogP contribution in [0.4, 0.5) is 18.9 Å². The molecule has 0 spiro atoms. The predicted molar refractivity (Wildman–Crippen MR) is 106 cm³/mol. The molecule has 1 atom stereocenters. The van der Waals surface area contributed by atoms with Gasteiger partial charge < -0.3 is 9.84 Å². The van der Waals surface area contributed by atoms with Crippen LogP contribution in [-0.4, -0.2) is 32.1 Å². The molecule has 0 aromatic heterocycles. The third kappa shape index (κ3) is 4.41. The number of carboxylic acid groups (broad SMARTS) is 1. The van der Waals surface area contributed by atoms with Gasteiger partial charge in [0.05, 0.1) is 22.7 Å². The van der Waals surface area contributed by atoms with Gasteiger partial charge in [0, 0.05) is 10.9 Å². The second kappa shape index (κ2) is 8.10. The number of halogens is 4. The Hall–Kier alpha value is -2.27. The lowest BCUT2D eigenvalue weighted by molar-refractivity contribution is -0.138. The minimum absolute atomic E-state index is 0.0402. The van der Waals surface area contributed by atoms with E-state index in [1.165, 1.54) is 6.07 Å². The number of ether oxygens (including phenoxy) is 1. The van der Waals surface area contributed by atoms with E-state index in [9.17, 15) is 26.4 Å². The molecule has 1 aliphatic heterocycles. The first-order valence-electron chi connectivity index (χ1n) is 8.79. The number of rotatable bonds is 5. The highest BCUT2D eigenvalue weighted by atomic mass is 79.9. The number of sulfonamides is 1. The summed E-state index contributed by atoms with van der Waals surface area (Å²) in [6, 6.07) is 6.71. The standard InChI is InChI=1S/C19H17BrF3NO5S/c1-11-15(20)6-7-16-18(11)24(10-13(29-16)5-8-17(25)26)30(27,28)14-4-2-3-12(9-14)19(21,22)23/h2-4,6-7,9,13H,5,8,10H2,1H3,(H,25,26). The van der Waals surface area contributed by atoms with Crippen LogP contribution in [0.1, 0.15) is 24.0 Å². The highest BCUT2D eigenvalue weighted by Crippen LogP contribution is 2.43. The van der Waals surface area contributed by atoms with Crippen LogP contribution >= 0.6 is 15.9 Å². The van der Waals surface area contributed by atoms with Crippen molar-refractivity contribution < 1.29 is 36.2 Å². The van der Waals surface area contributed by atoms with Crippen molar-refractivity contribution >= 4 is 37.6 Å². The summed E-state index contributed by atoms with van der Waals surface area (Å²) in [6.07, 6.45) is -5.67. The highest BCUT2D eigenvalue weighted by molar-refractivity contribution is 9.10. The molecule has 30 heavy (non-hydrogen) atoms. The van der Waals surface area contributed by atoms with E-state index in [2.05, 4.69) is 15.9 Å². The molecule has 1 N–H and O–H groups in total. The van der Waals surface area contributed by atoms with Crippen molar-refractivity contribution in [2.24, 2.45) is 0 Å². The van der Waals surface area contributed by atoms with E-state index in [0.29, 0.717) is 16.1 Å². The summed E-state index contributed by atoms with van der Waals surface area (Å²) in [5.74, 6) is -0.850. The lowest BCUT2D eigenvalue weighted by Gasteiger charge is -2.36. The molecule has 2 aromatic carbocycles. The van der Waals surface area contributed by atoms with Crippen molar-refractivity contribution in [2.75, 3.05) is 10.8 Å². The lowest BCUT2D eigenvalue weighted by atomic mass is 10.1. The van der Waals surface area contributed by atoms with Crippen molar-refractivity contribution in [1.82, 2.24) is 0 Å². The Kier molecular flexibility index (Phi) is 6.06. The second-order valence-electron chi connectivity index (χ2n) is 6.75. The van der Waals surface area contributed by atoms with E-state index in [1.54, 1.807) is 13.0 Å². The fourth-order valence-corrected chi connectivity index (χ4v) is 5.09. The number of anilines is 1. The van der Waals surface area contributed by atoms with Crippen LogP contribution < -0.4 is 9.04 Å². The maximum Gasteiger partial charge on any atom is 0.416 e. The Bertz CT molecular complexity index is 1090. The second-order valence-corrected chi connectivity index (χ2v) is 9.47. The first kappa shape index (κ1) is 22.4. The van der Waals surface area contributed by atoms with E-state index >= 15 is 0 Å². The molecule has 1 unspecified atom stereocenters. The zero-order valence-electron chi connectivity index (χ0n) is 15.6. The third-order valence-corrected chi connectivity index (χ3v) is 7.29. The fourth-order valence-electron chi connectivity index (χ4n) is 3.16. The largest absolute Gasteiger partial charge is 0.486 e. The summed E-state index contributed by atoms with van der Waals surface area (Å²) >= 11 is 3.32. The van der Waals surface area contributed by atoms with Crippen LogP contribution in [0, 0.1) is 6.92 Å². The molecule has 1 heterocycles. The highest BCUT2D eigenvalue weighted by Gasteiger charge is 2.38. The average molecular weight is 508 g/mol. The Morgan fingerprint density at radius 3 is 2.63 bits per heavy atom. The van der Waals surface area contributed by atoms with Crippen LogP contribution in [0.25, 0.3) is 0 Å². The molecule has 2 aromatic rings. The summed E-state index contributed by atoms with van der Waals surface area (Å²) in [7, 11) is -4.38. The molecule has 0 radical (unpaired) electrons. The SMILES string of the molecule is Cc1c(Br)ccc2c1N(S(=O)(=O)c1cccc(C(F)(F)F)c1)CC(CCC(=O)O)O2. The topological polar surface area (TPSA) is 83.9 Å². The van der Waals surface area contributed by atoms with E-state index in [4.69, 9.17) is 9.84 Å². The molecule has 0 amide bonds. The molecule has 0 saturated heterocycles. The number of aliphatic carboxylic acids is 1. The zero-order chi connectivity index (χ0) is 22.3. The summed E-state index contributed by atoms with van der Waals surface area (Å²) in [5.41, 5.74) is -0.349. The maximum atomic E-state index is 13.3. The van der Waals surface area contributed by atoms with Gasteiger partial charge in [-0.25, -0.2) is 8.42 Å². The van der Waals surface area contributed by atoms with E-state index in [0.717, 1.165) is 22.5 Å². The monoisotopic (exact) mass is 507 g/mol. The maximum absolute atomic E-state index is 13.3. The van der Waals surface area contributed by atoms with Crippen molar-refractivity contribution in [3.63, 3.8) is 0 Å². The van der Waals surface area contributed by atoms with E-state index < -0.39 is 38.7 Å². The molecule has 0 saturated carbocycles. The van der Waals surface area contributed by atoms with Gasteiger partial charge in [0.25, 0.3) is 10.0 Å². The van der Waals surface area contributed by atoms with Crippen LogP contribution in [0.15, 0.2) is 45.8 Å². The summed E-state index contributed by atoms with van der Waals surface area (Å²) < 4.78 is 73.4. The quantitative estimate of drug-likeness (QED) is 0.639. The van der Waals surface area contributed by atoms with Gasteiger partial charge in [-0.2, -0.15) is 13.2 Å². The van der Waals surface area contributed by atoms with Gasteiger partial charge in [-0.15, -0.1) is 0 Å². The molecule has 162 valence electrons.